The fraction of sp³-hybridized carbons (Fsp3) is 0.588. The summed E-state index contributed by atoms with van der Waals surface area (Å²) in [7, 11) is 0. The van der Waals surface area contributed by atoms with E-state index in [-0.39, 0.29) is 5.91 Å². The first-order valence-corrected chi connectivity index (χ1v) is 7.84. The van der Waals surface area contributed by atoms with Crippen molar-refractivity contribution in [3.8, 4) is 0 Å². The zero-order valence-corrected chi connectivity index (χ0v) is 12.3. The number of carbonyl (C=O) groups excluding carboxylic acids is 1. The molecule has 0 bridgehead atoms. The van der Waals surface area contributed by atoms with Crippen LogP contribution >= 0.6 is 0 Å². The van der Waals surface area contributed by atoms with Crippen LogP contribution in [0.4, 0.5) is 0 Å². The van der Waals surface area contributed by atoms with E-state index in [1.54, 1.807) is 0 Å². The Labute approximate surface area is 121 Å². The number of aryl methyl sites for hydroxylation is 2. The van der Waals surface area contributed by atoms with Gasteiger partial charge in [0.1, 0.15) is 0 Å². The first kappa shape index (κ1) is 13.6. The quantitative estimate of drug-likeness (QED) is 0.917. The lowest BCUT2D eigenvalue weighted by atomic mass is 10.1. The summed E-state index contributed by atoms with van der Waals surface area (Å²) in [6.07, 6.45) is 5.85. The lowest BCUT2D eigenvalue weighted by Crippen LogP contribution is -2.41. The van der Waals surface area contributed by atoms with Crippen molar-refractivity contribution in [2.75, 3.05) is 19.6 Å². The molecule has 2 aliphatic rings. The molecule has 0 aromatic heterocycles. The average molecular weight is 272 g/mol. The molecule has 1 heterocycles. The number of nitrogens with one attached hydrogen (secondary N) is 1. The number of amides is 1. The van der Waals surface area contributed by atoms with Gasteiger partial charge >= 0.3 is 0 Å². The highest BCUT2D eigenvalue weighted by molar-refractivity contribution is 5.78. The summed E-state index contributed by atoms with van der Waals surface area (Å²) in [6.45, 7) is 4.51. The third-order valence-electron chi connectivity index (χ3n) is 4.59. The van der Waals surface area contributed by atoms with Gasteiger partial charge in [-0.15, -0.1) is 0 Å². The van der Waals surface area contributed by atoms with Crippen LogP contribution < -0.4 is 5.32 Å². The van der Waals surface area contributed by atoms with E-state index in [1.165, 1.54) is 23.1 Å². The van der Waals surface area contributed by atoms with Crippen LogP contribution in [-0.2, 0) is 11.2 Å². The van der Waals surface area contributed by atoms with Crippen LogP contribution in [0.3, 0.4) is 0 Å². The Kier molecular flexibility index (Phi) is 4.06. The predicted octanol–water partition coefficient (Wildman–Crippen LogP) is 2.58. The number of fused-ring (bicyclic) bond motifs is 1. The van der Waals surface area contributed by atoms with Crippen LogP contribution in [-0.4, -0.2) is 30.4 Å². The van der Waals surface area contributed by atoms with Crippen LogP contribution in [0, 0.1) is 6.92 Å². The van der Waals surface area contributed by atoms with Crippen LogP contribution in [0.15, 0.2) is 18.2 Å². The summed E-state index contributed by atoms with van der Waals surface area (Å²) in [5.74, 6) is 0.269. The molecule has 108 valence electrons. The van der Waals surface area contributed by atoms with E-state index in [0.29, 0.717) is 12.6 Å². The van der Waals surface area contributed by atoms with Gasteiger partial charge in [-0.3, -0.25) is 4.79 Å². The van der Waals surface area contributed by atoms with E-state index in [9.17, 15) is 4.79 Å². The smallest absolute Gasteiger partial charge is 0.236 e. The Morgan fingerprint density at radius 1 is 1.30 bits per heavy atom. The van der Waals surface area contributed by atoms with E-state index < -0.39 is 0 Å². The van der Waals surface area contributed by atoms with Crippen molar-refractivity contribution < 1.29 is 4.79 Å². The Morgan fingerprint density at radius 3 is 2.90 bits per heavy atom. The fourth-order valence-electron chi connectivity index (χ4n) is 3.40. The largest absolute Gasteiger partial charge is 0.342 e. The highest BCUT2D eigenvalue weighted by atomic mass is 16.2. The predicted molar refractivity (Wildman–Crippen MR) is 80.7 cm³/mol. The summed E-state index contributed by atoms with van der Waals surface area (Å²) in [4.78, 5) is 14.2. The highest BCUT2D eigenvalue weighted by Gasteiger charge is 2.24. The standard InChI is InChI=1S/C17H24N2O/c1-13-5-6-14-7-8-16(15(14)11-13)18-12-17(20)19-9-3-2-4-10-19/h5-6,11,16,18H,2-4,7-10,12H2,1H3. The molecule has 0 spiro atoms. The van der Waals surface area contributed by atoms with Crippen molar-refractivity contribution in [2.24, 2.45) is 0 Å². The molecular formula is C17H24N2O. The van der Waals surface area contributed by atoms with Gasteiger partial charge in [0.2, 0.25) is 5.91 Å². The molecule has 3 nitrogen and oxygen atoms in total. The van der Waals surface area contributed by atoms with Gasteiger partial charge in [0.05, 0.1) is 6.54 Å². The molecule has 1 fully saturated rings. The van der Waals surface area contributed by atoms with E-state index in [4.69, 9.17) is 0 Å². The summed E-state index contributed by atoms with van der Waals surface area (Å²) in [5, 5.41) is 3.47. The summed E-state index contributed by atoms with van der Waals surface area (Å²) in [5.41, 5.74) is 4.15. The highest BCUT2D eigenvalue weighted by Crippen LogP contribution is 2.31. The van der Waals surface area contributed by atoms with Crippen molar-refractivity contribution in [3.63, 3.8) is 0 Å². The number of hydrogen-bond donors (Lipinski definition) is 1. The Morgan fingerprint density at radius 2 is 2.10 bits per heavy atom. The molecule has 1 aliphatic carbocycles. The van der Waals surface area contributed by atoms with Crippen molar-refractivity contribution in [3.05, 3.63) is 34.9 Å². The second-order valence-electron chi connectivity index (χ2n) is 6.12. The van der Waals surface area contributed by atoms with E-state index in [2.05, 4.69) is 30.4 Å². The van der Waals surface area contributed by atoms with Crippen LogP contribution in [0.1, 0.15) is 48.4 Å². The minimum atomic E-state index is 0.269. The van der Waals surface area contributed by atoms with E-state index in [0.717, 1.165) is 38.8 Å². The zero-order valence-electron chi connectivity index (χ0n) is 12.3. The van der Waals surface area contributed by atoms with Crippen molar-refractivity contribution in [1.82, 2.24) is 10.2 Å². The van der Waals surface area contributed by atoms with E-state index >= 15 is 0 Å². The fourth-order valence-corrected chi connectivity index (χ4v) is 3.40. The summed E-state index contributed by atoms with van der Waals surface area (Å²) < 4.78 is 0. The third-order valence-corrected chi connectivity index (χ3v) is 4.59. The third kappa shape index (κ3) is 2.88. The summed E-state index contributed by atoms with van der Waals surface area (Å²) in [6, 6.07) is 7.04. The van der Waals surface area contributed by atoms with Crippen LogP contribution in [0.5, 0.6) is 0 Å². The lowest BCUT2D eigenvalue weighted by Gasteiger charge is -2.27. The van der Waals surface area contributed by atoms with Crippen molar-refractivity contribution in [2.45, 2.75) is 45.1 Å². The maximum atomic E-state index is 12.2. The molecule has 1 aromatic carbocycles. The van der Waals surface area contributed by atoms with Gasteiger partial charge in [-0.25, -0.2) is 0 Å². The maximum absolute atomic E-state index is 12.2. The average Bonchev–Trinajstić information content (AvgIpc) is 2.88. The maximum Gasteiger partial charge on any atom is 0.236 e. The zero-order chi connectivity index (χ0) is 13.9. The molecule has 0 radical (unpaired) electrons. The van der Waals surface area contributed by atoms with Gasteiger partial charge in [-0.05, 0) is 50.2 Å². The molecule has 1 N–H and O–H groups in total. The van der Waals surface area contributed by atoms with Gasteiger partial charge in [0.15, 0.2) is 0 Å². The number of nitrogens with zero attached hydrogens (tertiary/aromatic N) is 1. The Hall–Kier alpha value is -1.35. The topological polar surface area (TPSA) is 32.3 Å². The van der Waals surface area contributed by atoms with Gasteiger partial charge < -0.3 is 10.2 Å². The second-order valence-corrected chi connectivity index (χ2v) is 6.12. The van der Waals surface area contributed by atoms with Crippen LogP contribution in [0.2, 0.25) is 0 Å². The molecular weight excluding hydrogens is 248 g/mol. The monoisotopic (exact) mass is 272 g/mol. The van der Waals surface area contributed by atoms with Gasteiger partial charge in [-0.1, -0.05) is 23.8 Å². The lowest BCUT2D eigenvalue weighted by molar-refractivity contribution is -0.131. The molecule has 3 heteroatoms. The molecule has 3 rings (SSSR count). The summed E-state index contributed by atoms with van der Waals surface area (Å²) >= 11 is 0. The number of carbonyl (C=O) groups is 1. The molecule has 1 atom stereocenters. The second kappa shape index (κ2) is 5.96. The molecule has 1 aromatic rings. The molecule has 20 heavy (non-hydrogen) atoms. The first-order chi connectivity index (χ1) is 9.74. The first-order valence-electron chi connectivity index (χ1n) is 7.84. The number of likely N-dealkylation sites (tertiary alicyclic amines) is 1. The molecule has 1 unspecified atom stereocenters. The Bertz CT molecular complexity index is 492. The minimum Gasteiger partial charge on any atom is -0.342 e. The number of benzene rings is 1. The van der Waals surface area contributed by atoms with Crippen molar-refractivity contribution >= 4 is 5.91 Å². The molecule has 1 saturated heterocycles. The SMILES string of the molecule is Cc1ccc2c(c1)C(NCC(=O)N1CCCCC1)CC2. The number of rotatable bonds is 3. The molecule has 1 amide bonds. The normalized spacial score (nSPS) is 21.9. The van der Waals surface area contributed by atoms with Crippen molar-refractivity contribution in [1.29, 1.82) is 0 Å². The van der Waals surface area contributed by atoms with Gasteiger partial charge in [0.25, 0.3) is 0 Å². The number of hydrogen-bond acceptors (Lipinski definition) is 2. The van der Waals surface area contributed by atoms with Crippen LogP contribution in [0.25, 0.3) is 0 Å². The number of piperidine rings is 1. The molecule has 0 saturated carbocycles. The molecule has 1 aliphatic heterocycles. The minimum absolute atomic E-state index is 0.269. The van der Waals surface area contributed by atoms with E-state index in [1.807, 2.05) is 4.90 Å². The van der Waals surface area contributed by atoms with Gasteiger partial charge in [0, 0.05) is 19.1 Å². The van der Waals surface area contributed by atoms with Gasteiger partial charge in [-0.2, -0.15) is 0 Å². The Balaban J connectivity index is 1.57.